The Hall–Kier alpha value is -3.10. The predicted octanol–water partition coefficient (Wildman–Crippen LogP) is 3.63. The first-order valence-corrected chi connectivity index (χ1v) is 10.5. The lowest BCUT2D eigenvalue weighted by Gasteiger charge is -2.18. The quantitative estimate of drug-likeness (QED) is 0.655. The van der Waals surface area contributed by atoms with Crippen LogP contribution in [0, 0.1) is 11.3 Å². The SMILES string of the molecule is CCCOc1ccc(C(F)(F)F)cc1NC(=O)CN(C)S(=O)(=O)c1ccc(C#N)cc1. The van der Waals surface area contributed by atoms with Crippen LogP contribution in [0.5, 0.6) is 5.75 Å². The van der Waals surface area contributed by atoms with E-state index in [2.05, 4.69) is 5.32 Å². The number of benzene rings is 2. The van der Waals surface area contributed by atoms with Crippen molar-refractivity contribution in [2.45, 2.75) is 24.4 Å². The zero-order chi connectivity index (χ0) is 23.2. The van der Waals surface area contributed by atoms with E-state index in [0.717, 1.165) is 29.6 Å². The Morgan fingerprint density at radius 3 is 2.39 bits per heavy atom. The lowest BCUT2D eigenvalue weighted by Crippen LogP contribution is -2.35. The van der Waals surface area contributed by atoms with Crippen molar-refractivity contribution in [3.8, 4) is 11.8 Å². The number of carbonyl (C=O) groups is 1. The fourth-order valence-corrected chi connectivity index (χ4v) is 3.63. The Morgan fingerprint density at radius 2 is 1.84 bits per heavy atom. The molecule has 0 radical (unpaired) electrons. The van der Waals surface area contributed by atoms with E-state index in [-0.39, 0.29) is 28.5 Å². The molecule has 0 aliphatic carbocycles. The Labute approximate surface area is 178 Å². The van der Waals surface area contributed by atoms with Gasteiger partial charge >= 0.3 is 6.18 Å². The smallest absolute Gasteiger partial charge is 0.416 e. The minimum absolute atomic E-state index is 0.0424. The molecule has 11 heteroatoms. The van der Waals surface area contributed by atoms with E-state index in [4.69, 9.17) is 10.00 Å². The summed E-state index contributed by atoms with van der Waals surface area (Å²) in [5, 5.41) is 11.1. The van der Waals surface area contributed by atoms with Crippen molar-refractivity contribution in [2.24, 2.45) is 0 Å². The molecule has 0 atom stereocenters. The van der Waals surface area contributed by atoms with E-state index in [0.29, 0.717) is 6.42 Å². The first-order valence-electron chi connectivity index (χ1n) is 9.09. The summed E-state index contributed by atoms with van der Waals surface area (Å²) in [5.41, 5.74) is -0.925. The van der Waals surface area contributed by atoms with Crippen LogP contribution in [0.3, 0.4) is 0 Å². The molecule has 2 aromatic rings. The first-order chi connectivity index (χ1) is 14.5. The monoisotopic (exact) mass is 455 g/mol. The van der Waals surface area contributed by atoms with Crippen molar-refractivity contribution in [1.29, 1.82) is 5.26 Å². The summed E-state index contributed by atoms with van der Waals surface area (Å²) in [4.78, 5) is 12.3. The fourth-order valence-electron chi connectivity index (χ4n) is 2.50. The van der Waals surface area contributed by atoms with Gasteiger partial charge in [0.2, 0.25) is 15.9 Å². The average Bonchev–Trinajstić information content (AvgIpc) is 2.72. The highest BCUT2D eigenvalue weighted by molar-refractivity contribution is 7.89. The number of hydrogen-bond acceptors (Lipinski definition) is 5. The summed E-state index contributed by atoms with van der Waals surface area (Å²) in [7, 11) is -2.89. The number of carbonyl (C=O) groups excluding carboxylic acids is 1. The Kier molecular flexibility index (Phi) is 7.65. The molecule has 0 aliphatic rings. The number of halogens is 3. The molecule has 0 bridgehead atoms. The maximum atomic E-state index is 13.0. The third-order valence-electron chi connectivity index (χ3n) is 4.10. The van der Waals surface area contributed by atoms with Crippen LogP contribution >= 0.6 is 0 Å². The van der Waals surface area contributed by atoms with Crippen LogP contribution in [-0.2, 0) is 21.0 Å². The van der Waals surface area contributed by atoms with Gasteiger partial charge in [-0.1, -0.05) is 6.92 Å². The van der Waals surface area contributed by atoms with Crippen molar-refractivity contribution < 1.29 is 31.1 Å². The van der Waals surface area contributed by atoms with Gasteiger partial charge in [0, 0.05) is 7.05 Å². The molecule has 0 saturated carbocycles. The molecule has 1 N–H and O–H groups in total. The van der Waals surface area contributed by atoms with Crippen LogP contribution in [0.1, 0.15) is 24.5 Å². The molecule has 0 saturated heterocycles. The van der Waals surface area contributed by atoms with Crippen molar-refractivity contribution in [3.05, 3.63) is 53.6 Å². The standard InChI is InChI=1S/C20H20F3N3O4S/c1-3-10-30-18-9-6-15(20(21,22)23)11-17(18)25-19(27)13-26(2)31(28,29)16-7-4-14(12-24)5-8-16/h4-9,11H,3,10,13H2,1-2H3,(H,25,27). The number of nitrogens with zero attached hydrogens (tertiary/aromatic N) is 2. The van der Waals surface area contributed by atoms with E-state index in [1.807, 2.05) is 13.0 Å². The van der Waals surface area contributed by atoms with Crippen LogP contribution < -0.4 is 10.1 Å². The molecule has 0 fully saturated rings. The number of anilines is 1. The van der Waals surface area contributed by atoms with Crippen LogP contribution in [0.2, 0.25) is 0 Å². The Bertz CT molecular complexity index is 1080. The summed E-state index contributed by atoms with van der Waals surface area (Å²) >= 11 is 0. The van der Waals surface area contributed by atoms with Crippen LogP contribution in [-0.4, -0.2) is 38.8 Å². The van der Waals surface area contributed by atoms with Gasteiger partial charge in [0.05, 0.1) is 40.9 Å². The molecule has 0 spiro atoms. The summed E-state index contributed by atoms with van der Waals surface area (Å²) in [5.74, 6) is -0.804. The second kappa shape index (κ2) is 9.80. The van der Waals surface area contributed by atoms with Crippen LogP contribution in [0.4, 0.5) is 18.9 Å². The average molecular weight is 455 g/mol. The van der Waals surface area contributed by atoms with E-state index in [9.17, 15) is 26.4 Å². The lowest BCUT2D eigenvalue weighted by molar-refractivity contribution is -0.137. The van der Waals surface area contributed by atoms with E-state index >= 15 is 0 Å². The molecular formula is C20H20F3N3O4S. The number of rotatable bonds is 8. The largest absolute Gasteiger partial charge is 0.491 e. The van der Waals surface area contributed by atoms with Gasteiger partial charge in [-0.3, -0.25) is 4.79 Å². The van der Waals surface area contributed by atoms with Crippen molar-refractivity contribution in [2.75, 3.05) is 25.5 Å². The zero-order valence-corrected chi connectivity index (χ0v) is 17.5. The second-order valence-electron chi connectivity index (χ2n) is 6.50. The van der Waals surface area contributed by atoms with E-state index in [1.165, 1.54) is 24.3 Å². The zero-order valence-electron chi connectivity index (χ0n) is 16.7. The van der Waals surface area contributed by atoms with Gasteiger partial charge in [-0.25, -0.2) is 8.42 Å². The van der Waals surface area contributed by atoms with E-state index < -0.39 is 34.2 Å². The normalized spacial score (nSPS) is 11.8. The Morgan fingerprint density at radius 1 is 1.19 bits per heavy atom. The van der Waals surface area contributed by atoms with Crippen molar-refractivity contribution in [1.82, 2.24) is 4.31 Å². The number of alkyl halides is 3. The molecule has 0 aromatic heterocycles. The number of sulfonamides is 1. The lowest BCUT2D eigenvalue weighted by atomic mass is 10.1. The molecule has 0 heterocycles. The minimum Gasteiger partial charge on any atom is -0.491 e. The van der Waals surface area contributed by atoms with Crippen LogP contribution in [0.25, 0.3) is 0 Å². The predicted molar refractivity (Wildman–Crippen MR) is 107 cm³/mol. The molecule has 0 unspecified atom stereocenters. The van der Waals surface area contributed by atoms with Gasteiger partial charge in [-0.2, -0.15) is 22.7 Å². The highest BCUT2D eigenvalue weighted by Gasteiger charge is 2.31. The highest BCUT2D eigenvalue weighted by Crippen LogP contribution is 2.35. The maximum absolute atomic E-state index is 13.0. The molecular weight excluding hydrogens is 435 g/mol. The number of nitrogens with one attached hydrogen (secondary N) is 1. The molecule has 0 aliphatic heterocycles. The van der Waals surface area contributed by atoms with Gasteiger partial charge < -0.3 is 10.1 Å². The minimum atomic E-state index is -4.63. The van der Waals surface area contributed by atoms with Crippen molar-refractivity contribution in [3.63, 3.8) is 0 Å². The number of hydrogen-bond donors (Lipinski definition) is 1. The highest BCUT2D eigenvalue weighted by atomic mass is 32.2. The van der Waals surface area contributed by atoms with Gasteiger partial charge in [-0.05, 0) is 48.9 Å². The van der Waals surface area contributed by atoms with Gasteiger partial charge in [0.1, 0.15) is 5.75 Å². The summed E-state index contributed by atoms with van der Waals surface area (Å²) in [6.45, 7) is 1.39. The van der Waals surface area contributed by atoms with Crippen LogP contribution in [0.15, 0.2) is 47.4 Å². The summed E-state index contributed by atoms with van der Waals surface area (Å²) < 4.78 is 70.4. The summed E-state index contributed by atoms with van der Waals surface area (Å²) in [6, 6.07) is 9.63. The number of amides is 1. The third kappa shape index (κ3) is 6.19. The molecule has 166 valence electrons. The number of nitriles is 1. The van der Waals surface area contributed by atoms with Gasteiger partial charge in [-0.15, -0.1) is 0 Å². The second-order valence-corrected chi connectivity index (χ2v) is 8.55. The number of ether oxygens (including phenoxy) is 1. The molecule has 2 aromatic carbocycles. The van der Waals surface area contributed by atoms with E-state index in [1.54, 1.807) is 0 Å². The molecule has 7 nitrogen and oxygen atoms in total. The molecule has 2 rings (SSSR count). The summed E-state index contributed by atoms with van der Waals surface area (Å²) in [6.07, 6.45) is -4.03. The topological polar surface area (TPSA) is 99.5 Å². The van der Waals surface area contributed by atoms with Gasteiger partial charge in [0.25, 0.3) is 0 Å². The van der Waals surface area contributed by atoms with Crippen molar-refractivity contribution >= 4 is 21.6 Å². The van der Waals surface area contributed by atoms with Gasteiger partial charge in [0.15, 0.2) is 0 Å². The third-order valence-corrected chi connectivity index (χ3v) is 5.92. The Balaban J connectivity index is 2.20. The number of likely N-dealkylation sites (N-methyl/N-ethyl adjacent to an activating group) is 1. The molecule has 1 amide bonds. The first kappa shape index (κ1) is 24.2. The molecule has 31 heavy (non-hydrogen) atoms. The fraction of sp³-hybridized carbons (Fsp3) is 0.300. The maximum Gasteiger partial charge on any atom is 0.416 e.